The van der Waals surface area contributed by atoms with E-state index in [0.717, 1.165) is 11.5 Å². The van der Waals surface area contributed by atoms with Gasteiger partial charge in [-0.1, -0.05) is 6.07 Å². The highest BCUT2D eigenvalue weighted by Crippen LogP contribution is 2.24. The van der Waals surface area contributed by atoms with Gasteiger partial charge in [0.15, 0.2) is 0 Å². The van der Waals surface area contributed by atoms with Crippen molar-refractivity contribution in [2.24, 2.45) is 0 Å². The first-order valence-electron chi connectivity index (χ1n) is 6.89. The van der Waals surface area contributed by atoms with Crippen molar-refractivity contribution >= 4 is 0 Å². The molecule has 0 aliphatic heterocycles. The molecule has 1 aliphatic rings. The molecule has 1 aromatic carbocycles. The lowest BCUT2D eigenvalue weighted by Gasteiger charge is -2.28. The van der Waals surface area contributed by atoms with Crippen LogP contribution in [0.1, 0.15) is 26.7 Å². The normalized spacial score (nSPS) is 17.8. The van der Waals surface area contributed by atoms with Crippen molar-refractivity contribution in [2.45, 2.75) is 38.3 Å². The number of ether oxygens (including phenoxy) is 2. The zero-order chi connectivity index (χ0) is 13.7. The van der Waals surface area contributed by atoms with Crippen LogP contribution < -0.4 is 14.8 Å². The van der Waals surface area contributed by atoms with Gasteiger partial charge in [-0.3, -0.25) is 0 Å². The number of nitrogens with one attached hydrogen (secondary N) is 1. The quantitative estimate of drug-likeness (QED) is 0.754. The molecule has 106 valence electrons. The average molecular weight is 265 g/mol. The van der Waals surface area contributed by atoms with E-state index < -0.39 is 0 Å². The second-order valence-corrected chi connectivity index (χ2v) is 5.33. The molecule has 0 spiro atoms. The van der Waals surface area contributed by atoms with Crippen molar-refractivity contribution in [3.63, 3.8) is 0 Å². The Balaban J connectivity index is 1.90. The molecule has 1 atom stereocenters. The number of aliphatic hydroxyl groups excluding tert-OH is 1. The van der Waals surface area contributed by atoms with Crippen LogP contribution in [0.4, 0.5) is 0 Å². The summed E-state index contributed by atoms with van der Waals surface area (Å²) in [6, 6.07) is 8.13. The minimum Gasteiger partial charge on any atom is -0.494 e. The van der Waals surface area contributed by atoms with Crippen LogP contribution in [-0.2, 0) is 0 Å². The molecule has 0 heterocycles. The Morgan fingerprint density at radius 2 is 2.00 bits per heavy atom. The predicted molar refractivity (Wildman–Crippen MR) is 74.8 cm³/mol. The second-order valence-electron chi connectivity index (χ2n) is 5.33. The summed E-state index contributed by atoms with van der Waals surface area (Å²) < 4.78 is 11.2. The Hall–Kier alpha value is -1.26. The fraction of sp³-hybridized carbons (Fsp3) is 0.600. The third-order valence-electron chi connectivity index (χ3n) is 3.15. The van der Waals surface area contributed by atoms with Crippen LogP contribution in [0.2, 0.25) is 0 Å². The maximum atomic E-state index is 9.51. The van der Waals surface area contributed by atoms with Crippen molar-refractivity contribution in [3.8, 4) is 11.5 Å². The van der Waals surface area contributed by atoms with E-state index in [1.165, 1.54) is 12.8 Å². The molecule has 2 N–H and O–H groups in total. The molecule has 4 nitrogen and oxygen atoms in total. The molecule has 4 heteroatoms. The van der Waals surface area contributed by atoms with Gasteiger partial charge in [-0.2, -0.15) is 0 Å². The Morgan fingerprint density at radius 1 is 1.32 bits per heavy atom. The standard InChI is InChI=1S/C15H23NO3/c1-3-18-13-5-4-6-14(9-13)19-11-15(2,10-17)16-12-7-8-12/h4-6,9,12,16-17H,3,7-8,10-11H2,1-2H3. The number of aliphatic hydroxyl groups is 1. The lowest BCUT2D eigenvalue weighted by atomic mass is 10.1. The van der Waals surface area contributed by atoms with Crippen LogP contribution in [0.15, 0.2) is 24.3 Å². The molecule has 0 amide bonds. The minimum atomic E-state index is -0.386. The van der Waals surface area contributed by atoms with Gasteiger partial charge < -0.3 is 19.9 Å². The zero-order valence-electron chi connectivity index (χ0n) is 11.7. The molecular weight excluding hydrogens is 242 g/mol. The lowest BCUT2D eigenvalue weighted by molar-refractivity contribution is 0.114. The maximum absolute atomic E-state index is 9.51. The van der Waals surface area contributed by atoms with Crippen LogP contribution in [0.3, 0.4) is 0 Å². The third kappa shape index (κ3) is 4.40. The van der Waals surface area contributed by atoms with Gasteiger partial charge in [0.05, 0.1) is 18.8 Å². The molecular formula is C15H23NO3. The molecule has 19 heavy (non-hydrogen) atoms. The largest absolute Gasteiger partial charge is 0.494 e. The first-order valence-corrected chi connectivity index (χ1v) is 6.89. The highest BCUT2D eigenvalue weighted by Gasteiger charge is 2.32. The van der Waals surface area contributed by atoms with Gasteiger partial charge in [0.1, 0.15) is 18.1 Å². The first kappa shape index (κ1) is 14.2. The van der Waals surface area contributed by atoms with Gasteiger partial charge in [0.2, 0.25) is 0 Å². The Bertz CT molecular complexity index is 406. The van der Waals surface area contributed by atoms with Crippen molar-refractivity contribution in [1.82, 2.24) is 5.32 Å². The van der Waals surface area contributed by atoms with Gasteiger partial charge in [-0.15, -0.1) is 0 Å². The van der Waals surface area contributed by atoms with Gasteiger partial charge in [0, 0.05) is 12.1 Å². The van der Waals surface area contributed by atoms with Crippen LogP contribution >= 0.6 is 0 Å². The number of hydrogen-bond donors (Lipinski definition) is 2. The highest BCUT2D eigenvalue weighted by atomic mass is 16.5. The molecule has 0 bridgehead atoms. The summed E-state index contributed by atoms with van der Waals surface area (Å²) in [7, 11) is 0. The minimum absolute atomic E-state index is 0.0641. The number of hydrogen-bond acceptors (Lipinski definition) is 4. The monoisotopic (exact) mass is 265 g/mol. The lowest BCUT2D eigenvalue weighted by Crippen LogP contribution is -2.51. The fourth-order valence-corrected chi connectivity index (χ4v) is 1.92. The Kier molecular flexibility index (Phi) is 4.66. The average Bonchev–Trinajstić information content (AvgIpc) is 3.21. The number of rotatable bonds is 8. The van der Waals surface area contributed by atoms with E-state index in [-0.39, 0.29) is 12.1 Å². The SMILES string of the molecule is CCOc1cccc(OCC(C)(CO)NC2CC2)c1. The highest BCUT2D eigenvalue weighted by molar-refractivity contribution is 5.33. The summed E-state index contributed by atoms with van der Waals surface area (Å²) in [5.74, 6) is 1.57. The molecule has 1 saturated carbocycles. The van der Waals surface area contributed by atoms with Gasteiger partial charge in [0.25, 0.3) is 0 Å². The Morgan fingerprint density at radius 3 is 2.58 bits per heavy atom. The summed E-state index contributed by atoms with van der Waals surface area (Å²) in [4.78, 5) is 0. The van der Waals surface area contributed by atoms with E-state index in [4.69, 9.17) is 9.47 Å². The second kappa shape index (κ2) is 6.26. The van der Waals surface area contributed by atoms with E-state index in [9.17, 15) is 5.11 Å². The summed E-state index contributed by atoms with van der Waals surface area (Å²) in [6.45, 7) is 5.08. The molecule has 1 fully saturated rings. The van der Waals surface area contributed by atoms with Gasteiger partial charge >= 0.3 is 0 Å². The molecule has 0 radical (unpaired) electrons. The van der Waals surface area contributed by atoms with E-state index in [1.807, 2.05) is 38.1 Å². The van der Waals surface area contributed by atoms with Crippen molar-refractivity contribution in [1.29, 1.82) is 0 Å². The van der Waals surface area contributed by atoms with E-state index in [2.05, 4.69) is 5.32 Å². The molecule has 2 rings (SSSR count). The summed E-state index contributed by atoms with van der Waals surface area (Å²) in [5, 5.41) is 12.9. The number of benzene rings is 1. The first-order chi connectivity index (χ1) is 9.15. The van der Waals surface area contributed by atoms with Crippen molar-refractivity contribution in [3.05, 3.63) is 24.3 Å². The summed E-state index contributed by atoms with van der Waals surface area (Å²) in [6.07, 6.45) is 2.38. The molecule has 1 aliphatic carbocycles. The van der Waals surface area contributed by atoms with Crippen molar-refractivity contribution < 1.29 is 14.6 Å². The van der Waals surface area contributed by atoms with Crippen molar-refractivity contribution in [2.75, 3.05) is 19.8 Å². The maximum Gasteiger partial charge on any atom is 0.123 e. The van der Waals surface area contributed by atoms with E-state index in [0.29, 0.717) is 19.3 Å². The van der Waals surface area contributed by atoms with Gasteiger partial charge in [-0.05, 0) is 38.8 Å². The smallest absolute Gasteiger partial charge is 0.123 e. The fourth-order valence-electron chi connectivity index (χ4n) is 1.92. The van der Waals surface area contributed by atoms with Crippen LogP contribution in [0.25, 0.3) is 0 Å². The molecule has 0 aromatic heterocycles. The van der Waals surface area contributed by atoms with E-state index >= 15 is 0 Å². The summed E-state index contributed by atoms with van der Waals surface area (Å²) >= 11 is 0. The van der Waals surface area contributed by atoms with Crippen LogP contribution in [0, 0.1) is 0 Å². The molecule has 1 unspecified atom stereocenters. The van der Waals surface area contributed by atoms with Crippen LogP contribution in [-0.4, -0.2) is 36.5 Å². The Labute approximate surface area is 114 Å². The van der Waals surface area contributed by atoms with Crippen LogP contribution in [0.5, 0.6) is 11.5 Å². The molecule has 0 saturated heterocycles. The third-order valence-corrected chi connectivity index (χ3v) is 3.15. The summed E-state index contributed by atoms with van der Waals surface area (Å²) in [5.41, 5.74) is -0.386. The predicted octanol–water partition coefficient (Wildman–Crippen LogP) is 1.97. The molecule has 1 aromatic rings. The topological polar surface area (TPSA) is 50.7 Å². The van der Waals surface area contributed by atoms with Gasteiger partial charge in [-0.25, -0.2) is 0 Å². The van der Waals surface area contributed by atoms with E-state index in [1.54, 1.807) is 0 Å². The zero-order valence-corrected chi connectivity index (χ0v) is 11.7.